The molecule has 0 radical (unpaired) electrons. The molecule has 0 saturated carbocycles. The van der Waals surface area contributed by atoms with Gasteiger partial charge in [0.25, 0.3) is 5.91 Å². The van der Waals surface area contributed by atoms with Crippen LogP contribution in [0.3, 0.4) is 0 Å². The molecule has 19 heavy (non-hydrogen) atoms. The van der Waals surface area contributed by atoms with E-state index < -0.39 is 11.4 Å². The minimum atomic E-state index is -0.685. The molecule has 0 atom stereocenters. The van der Waals surface area contributed by atoms with Gasteiger partial charge in [0.05, 0.1) is 18.2 Å². The number of amides is 1. The maximum atomic E-state index is 12.2. The fraction of sp³-hybridized carbons (Fsp3) is 0.462. The number of alkyl halides is 2. The van der Waals surface area contributed by atoms with E-state index in [2.05, 4.69) is 5.32 Å². The Hall–Kier alpha value is -1.13. The summed E-state index contributed by atoms with van der Waals surface area (Å²) < 4.78 is 5.03. The van der Waals surface area contributed by atoms with Crippen LogP contribution in [0.2, 0.25) is 0 Å². The van der Waals surface area contributed by atoms with E-state index in [1.54, 1.807) is 6.07 Å². The van der Waals surface area contributed by atoms with E-state index in [1.165, 1.54) is 19.2 Å². The molecule has 2 N–H and O–H groups in total. The minimum Gasteiger partial charge on any atom is -0.507 e. The van der Waals surface area contributed by atoms with Crippen molar-refractivity contribution in [3.8, 4) is 11.5 Å². The number of carbonyl (C=O) groups is 1. The number of hydrogen-bond donors (Lipinski definition) is 2. The quantitative estimate of drug-likeness (QED) is 0.795. The summed E-state index contributed by atoms with van der Waals surface area (Å²) in [5.74, 6) is 0.334. The molecule has 0 heterocycles. The van der Waals surface area contributed by atoms with E-state index in [0.717, 1.165) is 0 Å². The molecule has 1 aromatic rings. The number of benzene rings is 1. The van der Waals surface area contributed by atoms with Gasteiger partial charge in [-0.05, 0) is 24.6 Å². The minimum absolute atomic E-state index is 0.118. The SMILES string of the molecule is CCC(CCl)(CCl)NC(=O)c1cc(OC)ccc1O. The number of ether oxygens (including phenoxy) is 1. The van der Waals surface area contributed by atoms with Gasteiger partial charge >= 0.3 is 0 Å². The summed E-state index contributed by atoms with van der Waals surface area (Å²) in [5.41, 5.74) is -0.553. The van der Waals surface area contributed by atoms with Crippen LogP contribution in [0.4, 0.5) is 0 Å². The zero-order chi connectivity index (χ0) is 14.5. The van der Waals surface area contributed by atoms with Crippen LogP contribution in [0.15, 0.2) is 18.2 Å². The molecule has 0 unspecified atom stereocenters. The van der Waals surface area contributed by atoms with E-state index in [-0.39, 0.29) is 23.1 Å². The number of rotatable bonds is 6. The van der Waals surface area contributed by atoms with Gasteiger partial charge in [-0.25, -0.2) is 0 Å². The molecular formula is C13H17Cl2NO3. The first-order valence-electron chi connectivity index (χ1n) is 5.83. The van der Waals surface area contributed by atoms with E-state index in [4.69, 9.17) is 27.9 Å². The van der Waals surface area contributed by atoms with Crippen LogP contribution in [0, 0.1) is 0 Å². The van der Waals surface area contributed by atoms with Gasteiger partial charge in [0.15, 0.2) is 0 Å². The van der Waals surface area contributed by atoms with Crippen LogP contribution < -0.4 is 10.1 Å². The molecule has 0 spiro atoms. The fourth-order valence-electron chi connectivity index (χ4n) is 1.51. The Morgan fingerprint density at radius 3 is 2.53 bits per heavy atom. The third-order valence-electron chi connectivity index (χ3n) is 3.02. The van der Waals surface area contributed by atoms with E-state index in [9.17, 15) is 9.90 Å². The van der Waals surface area contributed by atoms with Crippen LogP contribution in [0.25, 0.3) is 0 Å². The highest BCUT2D eigenvalue weighted by atomic mass is 35.5. The first-order valence-corrected chi connectivity index (χ1v) is 6.90. The van der Waals surface area contributed by atoms with E-state index in [0.29, 0.717) is 12.2 Å². The second-order valence-corrected chi connectivity index (χ2v) is 4.77. The summed E-state index contributed by atoms with van der Waals surface area (Å²) in [6, 6.07) is 4.44. The lowest BCUT2D eigenvalue weighted by Crippen LogP contribution is -2.51. The van der Waals surface area contributed by atoms with Crippen molar-refractivity contribution in [3.05, 3.63) is 23.8 Å². The van der Waals surface area contributed by atoms with Crippen molar-refractivity contribution in [1.82, 2.24) is 5.32 Å². The largest absolute Gasteiger partial charge is 0.507 e. The average molecular weight is 306 g/mol. The molecule has 0 aliphatic heterocycles. The molecule has 0 fully saturated rings. The number of aromatic hydroxyl groups is 1. The Balaban J connectivity index is 3.00. The van der Waals surface area contributed by atoms with Crippen molar-refractivity contribution >= 4 is 29.1 Å². The Bertz CT molecular complexity index is 439. The first kappa shape index (κ1) is 15.9. The molecule has 106 valence electrons. The predicted octanol–water partition coefficient (Wildman–Crippen LogP) is 2.76. The second-order valence-electron chi connectivity index (χ2n) is 4.24. The highest BCUT2D eigenvalue weighted by molar-refractivity contribution is 6.22. The lowest BCUT2D eigenvalue weighted by molar-refractivity contribution is 0.0910. The summed E-state index contributed by atoms with van der Waals surface area (Å²) >= 11 is 11.7. The topological polar surface area (TPSA) is 58.6 Å². The van der Waals surface area contributed by atoms with Crippen LogP contribution in [-0.4, -0.2) is 35.4 Å². The fourth-order valence-corrected chi connectivity index (χ4v) is 2.31. The number of phenols is 1. The number of phenolic OH excluding ortho intramolecular Hbond substituents is 1. The van der Waals surface area contributed by atoms with Crippen LogP contribution in [-0.2, 0) is 0 Å². The standard InChI is InChI=1S/C13H17Cl2NO3/c1-3-13(7-14,8-15)16-12(18)10-6-9(19-2)4-5-11(10)17/h4-6,17H,3,7-8H2,1-2H3,(H,16,18). The van der Waals surface area contributed by atoms with Crippen molar-refractivity contribution in [1.29, 1.82) is 0 Å². The van der Waals surface area contributed by atoms with E-state index in [1.807, 2.05) is 6.92 Å². The van der Waals surface area contributed by atoms with Crippen LogP contribution in [0.1, 0.15) is 23.7 Å². The summed E-state index contributed by atoms with van der Waals surface area (Å²) in [6.07, 6.45) is 0.594. The van der Waals surface area contributed by atoms with Crippen molar-refractivity contribution in [3.63, 3.8) is 0 Å². The number of methoxy groups -OCH3 is 1. The Kier molecular flexibility index (Phi) is 5.76. The molecule has 1 rings (SSSR count). The summed E-state index contributed by atoms with van der Waals surface area (Å²) in [7, 11) is 1.49. The third-order valence-corrected chi connectivity index (χ3v) is 4.04. The number of halogens is 2. The third kappa shape index (κ3) is 3.67. The molecular weight excluding hydrogens is 289 g/mol. The maximum absolute atomic E-state index is 12.2. The van der Waals surface area contributed by atoms with Gasteiger partial charge in [-0.1, -0.05) is 6.92 Å². The molecule has 4 nitrogen and oxygen atoms in total. The smallest absolute Gasteiger partial charge is 0.255 e. The van der Waals surface area contributed by atoms with Gasteiger partial charge in [-0.2, -0.15) is 0 Å². The molecule has 6 heteroatoms. The zero-order valence-electron chi connectivity index (χ0n) is 10.9. The molecule has 0 bridgehead atoms. The van der Waals surface area contributed by atoms with Crippen molar-refractivity contribution in [2.45, 2.75) is 18.9 Å². The number of carbonyl (C=O) groups excluding carboxylic acids is 1. The normalized spacial score (nSPS) is 11.2. The molecule has 0 aliphatic rings. The molecule has 0 saturated heterocycles. The molecule has 0 aromatic heterocycles. The molecule has 0 aliphatic carbocycles. The second kappa shape index (κ2) is 6.87. The van der Waals surface area contributed by atoms with E-state index >= 15 is 0 Å². The Labute approximate surface area is 122 Å². The van der Waals surface area contributed by atoms with Gasteiger partial charge in [-0.15, -0.1) is 23.2 Å². The Morgan fingerprint density at radius 1 is 1.42 bits per heavy atom. The van der Waals surface area contributed by atoms with Gasteiger partial charge in [-0.3, -0.25) is 4.79 Å². The monoisotopic (exact) mass is 305 g/mol. The van der Waals surface area contributed by atoms with Crippen molar-refractivity contribution in [2.24, 2.45) is 0 Å². The maximum Gasteiger partial charge on any atom is 0.255 e. The summed E-state index contributed by atoms with van der Waals surface area (Å²) in [4.78, 5) is 12.2. The first-order chi connectivity index (χ1) is 9.01. The summed E-state index contributed by atoms with van der Waals surface area (Å²) in [5, 5.41) is 12.5. The van der Waals surface area contributed by atoms with Gasteiger partial charge in [0, 0.05) is 11.8 Å². The van der Waals surface area contributed by atoms with Crippen molar-refractivity contribution in [2.75, 3.05) is 18.9 Å². The van der Waals surface area contributed by atoms with Crippen LogP contribution in [0.5, 0.6) is 11.5 Å². The lowest BCUT2D eigenvalue weighted by atomic mass is 10.0. The molecule has 1 aromatic carbocycles. The zero-order valence-corrected chi connectivity index (χ0v) is 12.4. The Morgan fingerprint density at radius 2 is 2.05 bits per heavy atom. The highest BCUT2D eigenvalue weighted by Crippen LogP contribution is 2.24. The van der Waals surface area contributed by atoms with Crippen molar-refractivity contribution < 1.29 is 14.6 Å². The van der Waals surface area contributed by atoms with Gasteiger partial charge < -0.3 is 15.2 Å². The molecule has 1 amide bonds. The predicted molar refractivity (Wildman–Crippen MR) is 76.6 cm³/mol. The number of hydrogen-bond acceptors (Lipinski definition) is 3. The lowest BCUT2D eigenvalue weighted by Gasteiger charge is -2.29. The number of nitrogens with one attached hydrogen (secondary N) is 1. The average Bonchev–Trinajstić information content (AvgIpc) is 2.45. The van der Waals surface area contributed by atoms with Crippen LogP contribution >= 0.6 is 23.2 Å². The summed E-state index contributed by atoms with van der Waals surface area (Å²) in [6.45, 7) is 1.89. The highest BCUT2D eigenvalue weighted by Gasteiger charge is 2.29. The van der Waals surface area contributed by atoms with Gasteiger partial charge in [0.2, 0.25) is 0 Å². The van der Waals surface area contributed by atoms with Gasteiger partial charge in [0.1, 0.15) is 11.5 Å².